The maximum absolute atomic E-state index is 11.9. The summed E-state index contributed by atoms with van der Waals surface area (Å²) < 4.78 is 29.2. The van der Waals surface area contributed by atoms with Gasteiger partial charge in [0, 0.05) is 11.5 Å². The van der Waals surface area contributed by atoms with Crippen molar-refractivity contribution in [2.24, 2.45) is 17.8 Å². The van der Waals surface area contributed by atoms with E-state index < -0.39 is 9.84 Å². The molecule has 3 fully saturated rings. The third-order valence-corrected chi connectivity index (χ3v) is 6.82. The average Bonchev–Trinajstić information content (AvgIpc) is 2.81. The van der Waals surface area contributed by atoms with E-state index in [1.54, 1.807) is 6.92 Å². The number of sulfone groups is 1. The molecule has 0 amide bonds. The molecule has 5 heteroatoms. The fourth-order valence-corrected chi connectivity index (χ4v) is 6.42. The van der Waals surface area contributed by atoms with Gasteiger partial charge in [0.05, 0.1) is 11.0 Å². The predicted molar refractivity (Wildman–Crippen MR) is 62.0 cm³/mol. The van der Waals surface area contributed by atoms with Crippen LogP contribution in [0.25, 0.3) is 0 Å². The largest absolute Gasteiger partial charge is 0.458 e. The Labute approximate surface area is 101 Å². The minimum Gasteiger partial charge on any atom is -0.458 e. The zero-order chi connectivity index (χ0) is 12.4. The Morgan fingerprint density at radius 2 is 2.00 bits per heavy atom. The van der Waals surface area contributed by atoms with Gasteiger partial charge in [0.2, 0.25) is 0 Å². The van der Waals surface area contributed by atoms with Crippen LogP contribution in [-0.2, 0) is 19.4 Å². The normalized spacial score (nSPS) is 44.9. The van der Waals surface area contributed by atoms with Crippen LogP contribution in [0.4, 0.5) is 0 Å². The predicted octanol–water partition coefficient (Wildman–Crippen LogP) is 0.927. The van der Waals surface area contributed by atoms with E-state index in [9.17, 15) is 13.2 Å². The van der Waals surface area contributed by atoms with Gasteiger partial charge in [-0.15, -0.1) is 0 Å². The molecular weight excluding hydrogens is 240 g/mol. The molecule has 4 nitrogen and oxygen atoms in total. The minimum atomic E-state index is -2.93. The van der Waals surface area contributed by atoms with Crippen LogP contribution < -0.4 is 0 Å². The molecule has 0 radical (unpaired) electrons. The highest BCUT2D eigenvalue weighted by atomic mass is 32.2. The fraction of sp³-hybridized carbons (Fsp3) is 0.750. The average molecular weight is 256 g/mol. The SMILES string of the molecule is C=C(C)C(=O)OC1C2CC3C1CS(=O)(=O)C3C2. The first kappa shape index (κ1) is 11.3. The maximum atomic E-state index is 11.9. The summed E-state index contributed by atoms with van der Waals surface area (Å²) in [6, 6.07) is 0. The molecule has 17 heavy (non-hydrogen) atoms. The van der Waals surface area contributed by atoms with Gasteiger partial charge in [-0.05, 0) is 31.6 Å². The van der Waals surface area contributed by atoms with Crippen LogP contribution >= 0.6 is 0 Å². The molecule has 5 atom stereocenters. The molecule has 0 aromatic rings. The quantitative estimate of drug-likeness (QED) is 0.544. The maximum Gasteiger partial charge on any atom is 0.333 e. The Morgan fingerprint density at radius 1 is 1.29 bits per heavy atom. The molecule has 3 rings (SSSR count). The van der Waals surface area contributed by atoms with E-state index in [0.717, 1.165) is 6.42 Å². The first-order valence-electron chi connectivity index (χ1n) is 5.98. The Morgan fingerprint density at radius 3 is 2.65 bits per heavy atom. The molecular formula is C12H16O4S. The molecule has 2 saturated carbocycles. The summed E-state index contributed by atoms with van der Waals surface area (Å²) in [6.07, 6.45) is 1.39. The fourth-order valence-electron chi connectivity index (χ4n) is 3.81. The van der Waals surface area contributed by atoms with Crippen molar-refractivity contribution in [2.45, 2.75) is 31.1 Å². The molecule has 1 heterocycles. The van der Waals surface area contributed by atoms with Gasteiger partial charge < -0.3 is 4.74 Å². The molecule has 0 spiro atoms. The van der Waals surface area contributed by atoms with Crippen molar-refractivity contribution in [3.8, 4) is 0 Å². The van der Waals surface area contributed by atoms with Gasteiger partial charge in [0.25, 0.3) is 0 Å². The zero-order valence-corrected chi connectivity index (χ0v) is 10.6. The Bertz CT molecular complexity index is 493. The van der Waals surface area contributed by atoms with Crippen molar-refractivity contribution in [3.05, 3.63) is 12.2 Å². The topological polar surface area (TPSA) is 60.4 Å². The van der Waals surface area contributed by atoms with Crippen molar-refractivity contribution < 1.29 is 17.9 Å². The van der Waals surface area contributed by atoms with Crippen molar-refractivity contribution in [2.75, 3.05) is 5.75 Å². The first-order valence-corrected chi connectivity index (χ1v) is 7.70. The molecule has 94 valence electrons. The molecule has 1 aliphatic heterocycles. The standard InChI is InChI=1S/C12H16O4S/c1-6(2)12(13)16-11-7-3-8-9(11)5-17(14,15)10(8)4-7/h7-11H,1,3-5H2,2H3. The molecule has 0 N–H and O–H groups in total. The monoisotopic (exact) mass is 256 g/mol. The lowest BCUT2D eigenvalue weighted by molar-refractivity contribution is -0.148. The summed E-state index contributed by atoms with van der Waals surface area (Å²) in [7, 11) is -2.93. The van der Waals surface area contributed by atoms with Crippen molar-refractivity contribution in [1.82, 2.24) is 0 Å². The minimum absolute atomic E-state index is 0.0343. The smallest absolute Gasteiger partial charge is 0.333 e. The summed E-state index contributed by atoms with van der Waals surface area (Å²) >= 11 is 0. The highest BCUT2D eigenvalue weighted by Gasteiger charge is 2.63. The third-order valence-electron chi connectivity index (χ3n) is 4.50. The van der Waals surface area contributed by atoms with Crippen LogP contribution in [0.5, 0.6) is 0 Å². The molecule has 0 aromatic carbocycles. The number of carbonyl (C=O) groups excluding carboxylic acids is 1. The lowest BCUT2D eigenvalue weighted by Crippen LogP contribution is -2.33. The number of hydrogen-bond acceptors (Lipinski definition) is 4. The van der Waals surface area contributed by atoms with E-state index >= 15 is 0 Å². The van der Waals surface area contributed by atoms with Crippen LogP contribution in [0, 0.1) is 17.8 Å². The van der Waals surface area contributed by atoms with Gasteiger partial charge in [0.15, 0.2) is 9.84 Å². The molecule has 2 aliphatic carbocycles. The number of hydrogen-bond donors (Lipinski definition) is 0. The number of ether oxygens (including phenoxy) is 1. The van der Waals surface area contributed by atoms with E-state index in [0.29, 0.717) is 12.0 Å². The van der Waals surface area contributed by atoms with Crippen LogP contribution in [0.2, 0.25) is 0 Å². The second kappa shape index (κ2) is 3.34. The summed E-state index contributed by atoms with van der Waals surface area (Å²) in [5.41, 5.74) is 0.380. The van der Waals surface area contributed by atoms with Crippen molar-refractivity contribution >= 4 is 15.8 Å². The summed E-state index contributed by atoms with van der Waals surface area (Å²) in [6.45, 7) is 5.17. The van der Waals surface area contributed by atoms with E-state index in [2.05, 4.69) is 6.58 Å². The van der Waals surface area contributed by atoms with Gasteiger partial charge >= 0.3 is 5.97 Å². The van der Waals surface area contributed by atoms with Gasteiger partial charge in [-0.3, -0.25) is 0 Å². The van der Waals surface area contributed by atoms with Gasteiger partial charge in [-0.2, -0.15) is 0 Å². The molecule has 1 saturated heterocycles. The van der Waals surface area contributed by atoms with Crippen LogP contribution in [0.15, 0.2) is 12.2 Å². The van der Waals surface area contributed by atoms with Crippen LogP contribution in [0.3, 0.4) is 0 Å². The molecule has 3 aliphatic rings. The van der Waals surface area contributed by atoms with E-state index in [4.69, 9.17) is 4.74 Å². The number of fused-ring (bicyclic) bond motifs is 1. The zero-order valence-electron chi connectivity index (χ0n) is 9.76. The lowest BCUT2D eigenvalue weighted by atomic mass is 9.88. The number of rotatable bonds is 2. The summed E-state index contributed by atoms with van der Waals surface area (Å²) in [5, 5.41) is -0.155. The molecule has 0 aromatic heterocycles. The van der Waals surface area contributed by atoms with Gasteiger partial charge in [0.1, 0.15) is 6.10 Å². The van der Waals surface area contributed by atoms with Crippen molar-refractivity contribution in [1.29, 1.82) is 0 Å². The van der Waals surface area contributed by atoms with Gasteiger partial charge in [-0.25, -0.2) is 13.2 Å². The molecule has 2 bridgehead atoms. The second-order valence-electron chi connectivity index (χ2n) is 5.58. The lowest BCUT2D eigenvalue weighted by Gasteiger charge is -2.26. The molecule has 5 unspecified atom stereocenters. The van der Waals surface area contributed by atoms with Gasteiger partial charge in [-0.1, -0.05) is 6.58 Å². The Balaban J connectivity index is 1.83. The Hall–Kier alpha value is -0.840. The van der Waals surface area contributed by atoms with E-state index in [1.807, 2.05) is 0 Å². The van der Waals surface area contributed by atoms with Crippen LogP contribution in [-0.4, -0.2) is 31.5 Å². The third kappa shape index (κ3) is 1.48. The first-order chi connectivity index (χ1) is 7.90. The number of carbonyl (C=O) groups is 1. The Kier molecular flexibility index (Phi) is 2.21. The number of esters is 1. The van der Waals surface area contributed by atoms with Crippen LogP contribution in [0.1, 0.15) is 19.8 Å². The second-order valence-corrected chi connectivity index (χ2v) is 7.84. The highest BCUT2D eigenvalue weighted by Crippen LogP contribution is 2.57. The highest BCUT2D eigenvalue weighted by molar-refractivity contribution is 7.92. The van der Waals surface area contributed by atoms with E-state index in [-0.39, 0.29) is 40.8 Å². The van der Waals surface area contributed by atoms with E-state index in [1.165, 1.54) is 0 Å². The summed E-state index contributed by atoms with van der Waals surface area (Å²) in [5.74, 6) is 0.325. The van der Waals surface area contributed by atoms with Crippen molar-refractivity contribution in [3.63, 3.8) is 0 Å². The summed E-state index contributed by atoms with van der Waals surface area (Å²) in [4.78, 5) is 11.5.